The highest BCUT2D eigenvalue weighted by Gasteiger charge is 2.44. The van der Waals surface area contributed by atoms with E-state index in [1.165, 1.54) is 6.07 Å². The first kappa shape index (κ1) is 20.6. The third-order valence-electron chi connectivity index (χ3n) is 6.61. The molecule has 1 spiro atoms. The van der Waals surface area contributed by atoms with Gasteiger partial charge in [0.1, 0.15) is 17.4 Å². The van der Waals surface area contributed by atoms with E-state index in [2.05, 4.69) is 26.7 Å². The molecule has 1 saturated heterocycles. The highest BCUT2D eigenvalue weighted by atomic mass is 19.1. The van der Waals surface area contributed by atoms with Crippen molar-refractivity contribution in [2.75, 3.05) is 33.8 Å². The van der Waals surface area contributed by atoms with Crippen LogP contribution in [0.1, 0.15) is 29.0 Å². The average molecular weight is 436 g/mol. The van der Waals surface area contributed by atoms with Crippen LogP contribution in [0.5, 0.6) is 5.75 Å². The van der Waals surface area contributed by atoms with E-state index >= 15 is 0 Å². The Morgan fingerprint density at radius 1 is 1.06 bits per heavy atom. The lowest BCUT2D eigenvalue weighted by Crippen LogP contribution is -2.56. The van der Waals surface area contributed by atoms with Crippen LogP contribution in [-0.4, -0.2) is 64.3 Å². The van der Waals surface area contributed by atoms with Crippen LogP contribution in [0.3, 0.4) is 0 Å². The van der Waals surface area contributed by atoms with Gasteiger partial charge in [-0.05, 0) is 56.3 Å². The van der Waals surface area contributed by atoms with E-state index in [1.54, 1.807) is 30.2 Å². The number of nitrogens with zero attached hydrogens (tertiary/aromatic N) is 5. The number of methoxy groups -OCH3 is 1. The molecule has 5 rings (SSSR count). The molecule has 166 valence electrons. The van der Waals surface area contributed by atoms with E-state index in [1.807, 2.05) is 24.3 Å². The summed E-state index contributed by atoms with van der Waals surface area (Å²) in [4.78, 5) is 17.0. The molecule has 0 bridgehead atoms. The molecule has 0 unspecified atom stereocenters. The molecule has 0 atom stereocenters. The molecule has 1 amide bonds. The largest absolute Gasteiger partial charge is 0.497 e. The highest BCUT2D eigenvalue weighted by molar-refractivity contribution is 5.94. The monoisotopic (exact) mass is 435 g/mol. The second-order valence-electron chi connectivity index (χ2n) is 8.67. The molecule has 7 nitrogen and oxygen atoms in total. The first-order valence-corrected chi connectivity index (χ1v) is 10.8. The zero-order valence-electron chi connectivity index (χ0n) is 18.3. The van der Waals surface area contributed by atoms with Gasteiger partial charge < -0.3 is 14.2 Å². The minimum absolute atomic E-state index is 0.133. The summed E-state index contributed by atoms with van der Waals surface area (Å²) in [6, 6.07) is 14.0. The summed E-state index contributed by atoms with van der Waals surface area (Å²) in [6.45, 7) is 2.69. The van der Waals surface area contributed by atoms with Crippen molar-refractivity contribution in [2.45, 2.75) is 24.9 Å². The molecule has 0 saturated carbocycles. The number of benzene rings is 2. The van der Waals surface area contributed by atoms with Crippen LogP contribution in [0.25, 0.3) is 11.4 Å². The number of aromatic nitrogens is 3. The average Bonchev–Trinajstić information content (AvgIpc) is 3.24. The lowest BCUT2D eigenvalue weighted by Gasteiger charge is -2.48. The zero-order valence-corrected chi connectivity index (χ0v) is 18.3. The fourth-order valence-electron chi connectivity index (χ4n) is 5.03. The molecule has 32 heavy (non-hydrogen) atoms. The number of piperidine rings is 1. The molecule has 1 fully saturated rings. The quantitative estimate of drug-likeness (QED) is 0.632. The first-order chi connectivity index (χ1) is 15.5. The Morgan fingerprint density at radius 2 is 1.78 bits per heavy atom. The van der Waals surface area contributed by atoms with Crippen molar-refractivity contribution in [3.05, 3.63) is 65.7 Å². The lowest BCUT2D eigenvalue weighted by molar-refractivity contribution is 0.0407. The normalized spacial score (nSPS) is 17.9. The van der Waals surface area contributed by atoms with Gasteiger partial charge in [0.05, 0.1) is 24.8 Å². The molecule has 2 aliphatic rings. The van der Waals surface area contributed by atoms with Gasteiger partial charge in [0, 0.05) is 25.2 Å². The van der Waals surface area contributed by atoms with E-state index in [0.29, 0.717) is 13.1 Å². The number of halogens is 1. The van der Waals surface area contributed by atoms with Crippen molar-refractivity contribution < 1.29 is 13.9 Å². The van der Waals surface area contributed by atoms with Crippen molar-refractivity contribution in [2.24, 2.45) is 0 Å². The Kier molecular flexibility index (Phi) is 5.17. The van der Waals surface area contributed by atoms with Gasteiger partial charge in [0.15, 0.2) is 5.82 Å². The second kappa shape index (κ2) is 8.02. The molecule has 2 aliphatic heterocycles. The third kappa shape index (κ3) is 3.44. The SMILES string of the molecule is COc1ccc(-c2nnc3n2C2(CCN(C(=O)c4ccccc4F)CC2)CN(C)C3)cc1. The van der Waals surface area contributed by atoms with E-state index in [-0.39, 0.29) is 17.0 Å². The number of likely N-dealkylation sites (N-methyl/N-ethyl adjacent to an activating group) is 1. The summed E-state index contributed by atoms with van der Waals surface area (Å²) < 4.78 is 21.7. The van der Waals surface area contributed by atoms with Gasteiger partial charge in [-0.3, -0.25) is 9.69 Å². The summed E-state index contributed by atoms with van der Waals surface area (Å²) in [5, 5.41) is 9.04. The molecule has 1 aromatic heterocycles. The van der Waals surface area contributed by atoms with Gasteiger partial charge in [-0.2, -0.15) is 0 Å². The van der Waals surface area contributed by atoms with E-state index in [9.17, 15) is 9.18 Å². The van der Waals surface area contributed by atoms with Crippen molar-refractivity contribution >= 4 is 5.91 Å². The maximum Gasteiger partial charge on any atom is 0.256 e. The summed E-state index contributed by atoms with van der Waals surface area (Å²) in [6.07, 6.45) is 1.51. The van der Waals surface area contributed by atoms with Crippen LogP contribution >= 0.6 is 0 Å². The molecule has 0 aliphatic carbocycles. The zero-order chi connectivity index (χ0) is 22.3. The van der Waals surface area contributed by atoms with Crippen molar-refractivity contribution in [3.63, 3.8) is 0 Å². The summed E-state index contributed by atoms with van der Waals surface area (Å²) in [5.74, 6) is 1.84. The molecular weight excluding hydrogens is 409 g/mol. The topological polar surface area (TPSA) is 63.5 Å². The number of ether oxygens (including phenoxy) is 1. The fraction of sp³-hybridized carbons (Fsp3) is 0.375. The second-order valence-corrected chi connectivity index (χ2v) is 8.67. The minimum atomic E-state index is -0.474. The van der Waals surface area contributed by atoms with Gasteiger partial charge in [0.2, 0.25) is 0 Å². The van der Waals surface area contributed by atoms with Crippen LogP contribution in [0.15, 0.2) is 48.5 Å². The number of hydrogen-bond acceptors (Lipinski definition) is 5. The Hall–Kier alpha value is -3.26. The Labute approximate surface area is 186 Å². The number of carbonyl (C=O) groups excluding carboxylic acids is 1. The Morgan fingerprint density at radius 3 is 2.47 bits per heavy atom. The highest BCUT2D eigenvalue weighted by Crippen LogP contribution is 2.39. The van der Waals surface area contributed by atoms with Crippen LogP contribution in [0.2, 0.25) is 0 Å². The number of fused-ring (bicyclic) bond motifs is 2. The predicted octanol–water partition coefficient (Wildman–Crippen LogP) is 3.17. The maximum absolute atomic E-state index is 14.2. The summed E-state index contributed by atoms with van der Waals surface area (Å²) in [5.41, 5.74) is 0.902. The molecule has 2 aromatic carbocycles. The number of rotatable bonds is 3. The molecule has 3 aromatic rings. The van der Waals surface area contributed by atoms with Gasteiger partial charge in [-0.25, -0.2) is 4.39 Å². The van der Waals surface area contributed by atoms with Crippen LogP contribution in [0, 0.1) is 5.82 Å². The lowest BCUT2D eigenvalue weighted by atomic mass is 9.84. The first-order valence-electron chi connectivity index (χ1n) is 10.8. The number of hydrogen-bond donors (Lipinski definition) is 0. The van der Waals surface area contributed by atoms with Crippen LogP contribution in [-0.2, 0) is 12.1 Å². The van der Waals surface area contributed by atoms with E-state index in [4.69, 9.17) is 4.74 Å². The predicted molar refractivity (Wildman–Crippen MR) is 118 cm³/mol. The summed E-state index contributed by atoms with van der Waals surface area (Å²) >= 11 is 0. The number of amides is 1. The smallest absolute Gasteiger partial charge is 0.256 e. The fourth-order valence-corrected chi connectivity index (χ4v) is 5.03. The standard InChI is InChI=1S/C24H26FN5O2/c1-28-15-21-26-27-22(17-7-9-18(32-2)10-8-17)30(21)24(16-28)11-13-29(14-12-24)23(31)19-5-3-4-6-20(19)25/h3-10H,11-16H2,1-2H3. The van der Waals surface area contributed by atoms with E-state index in [0.717, 1.165) is 48.9 Å². The molecule has 0 radical (unpaired) electrons. The maximum atomic E-state index is 14.2. The number of carbonyl (C=O) groups is 1. The van der Waals surface area contributed by atoms with Gasteiger partial charge in [-0.15, -0.1) is 10.2 Å². The van der Waals surface area contributed by atoms with E-state index < -0.39 is 5.82 Å². The van der Waals surface area contributed by atoms with Crippen LogP contribution < -0.4 is 4.74 Å². The molecule has 0 N–H and O–H groups in total. The van der Waals surface area contributed by atoms with Crippen LogP contribution in [0.4, 0.5) is 4.39 Å². The van der Waals surface area contributed by atoms with Gasteiger partial charge in [0.25, 0.3) is 5.91 Å². The molecule has 8 heteroatoms. The summed E-state index contributed by atoms with van der Waals surface area (Å²) in [7, 11) is 3.74. The Balaban J connectivity index is 1.45. The molecular formula is C24H26FN5O2. The Bertz CT molecular complexity index is 1140. The number of likely N-dealkylation sites (tertiary alicyclic amines) is 1. The van der Waals surface area contributed by atoms with Crippen molar-refractivity contribution in [1.82, 2.24) is 24.6 Å². The van der Waals surface area contributed by atoms with Gasteiger partial charge in [-0.1, -0.05) is 12.1 Å². The molecule has 3 heterocycles. The third-order valence-corrected chi connectivity index (χ3v) is 6.61. The van der Waals surface area contributed by atoms with Crippen molar-refractivity contribution in [1.29, 1.82) is 0 Å². The van der Waals surface area contributed by atoms with Crippen molar-refractivity contribution in [3.8, 4) is 17.1 Å². The van der Waals surface area contributed by atoms with Gasteiger partial charge >= 0.3 is 0 Å². The minimum Gasteiger partial charge on any atom is -0.497 e.